The van der Waals surface area contributed by atoms with Crippen LogP contribution in [0, 0.1) is 23.2 Å². The minimum atomic E-state index is -3.36. The predicted molar refractivity (Wildman–Crippen MR) is 226 cm³/mol. The number of thiazole rings is 1. The maximum absolute atomic E-state index is 14.5. The third-order valence-corrected chi connectivity index (χ3v) is 13.9. The largest absolute Gasteiger partial charge is 0.464 e. The molecule has 0 spiro atoms. The van der Waals surface area contributed by atoms with E-state index < -0.39 is 45.3 Å². The second kappa shape index (κ2) is 17.0. The summed E-state index contributed by atoms with van der Waals surface area (Å²) in [6, 6.07) is 7.97. The minimum Gasteiger partial charge on any atom is -0.464 e. The van der Waals surface area contributed by atoms with Crippen molar-refractivity contribution < 1.29 is 37.0 Å². The number of aryl methyl sites for hydroxylation is 1. The maximum Gasteiger partial charge on any atom is 0.324 e. The number of amides is 2. The van der Waals surface area contributed by atoms with Crippen LogP contribution in [0.2, 0.25) is 0 Å². The number of nitrogens with zero attached hydrogens (tertiary/aromatic N) is 4. The highest BCUT2D eigenvalue weighted by atomic mass is 32.2. The highest BCUT2D eigenvalue weighted by Gasteiger charge is 2.50. The van der Waals surface area contributed by atoms with Gasteiger partial charge in [-0.25, -0.2) is 18.8 Å². The van der Waals surface area contributed by atoms with Crippen LogP contribution in [-0.2, 0) is 51.4 Å². The van der Waals surface area contributed by atoms with Gasteiger partial charge in [0.15, 0.2) is 0 Å². The Morgan fingerprint density at radius 2 is 1.95 bits per heavy atom. The van der Waals surface area contributed by atoms with Gasteiger partial charge in [-0.05, 0) is 74.8 Å². The number of pyridine rings is 1. The molecule has 1 saturated carbocycles. The smallest absolute Gasteiger partial charge is 0.324 e. The molecule has 1 aromatic carbocycles. The molecular weight excluding hydrogens is 793 g/mol. The summed E-state index contributed by atoms with van der Waals surface area (Å²) < 4.78 is 45.6. The Bertz CT molecular complexity index is 2330. The number of ether oxygens (including phenoxy) is 3. The topological polar surface area (TPSA) is 171 Å². The summed E-state index contributed by atoms with van der Waals surface area (Å²) >= 11 is 1.35. The fourth-order valence-electron chi connectivity index (χ4n) is 8.49. The van der Waals surface area contributed by atoms with Gasteiger partial charge in [0.25, 0.3) is 5.91 Å². The number of methoxy groups -OCH3 is 1. The van der Waals surface area contributed by atoms with Crippen molar-refractivity contribution in [1.29, 1.82) is 0 Å². The summed E-state index contributed by atoms with van der Waals surface area (Å²) in [6.07, 6.45) is 3.14. The quantitative estimate of drug-likeness (QED) is 0.189. The summed E-state index contributed by atoms with van der Waals surface area (Å²) in [5, 5.41) is 7.81. The zero-order valence-corrected chi connectivity index (χ0v) is 36.7. The lowest BCUT2D eigenvalue weighted by molar-refractivity contribution is -0.156. The second-order valence-electron chi connectivity index (χ2n) is 17.1. The molecule has 7 atom stereocenters. The Balaban J connectivity index is 1.42. The van der Waals surface area contributed by atoms with Gasteiger partial charge in [0.05, 0.1) is 35.5 Å². The number of hydrazine groups is 1. The van der Waals surface area contributed by atoms with Gasteiger partial charge in [-0.2, -0.15) is 0 Å². The first-order valence-corrected chi connectivity index (χ1v) is 23.4. The van der Waals surface area contributed by atoms with Gasteiger partial charge in [0, 0.05) is 78.0 Å². The first-order valence-electron chi connectivity index (χ1n) is 20.4. The van der Waals surface area contributed by atoms with Crippen LogP contribution in [-0.4, -0.2) is 96.7 Å². The Hall–Kier alpha value is -4.22. The summed E-state index contributed by atoms with van der Waals surface area (Å²) in [5.41, 5.74) is 8.10. The molecule has 4 aromatic rings. The second-order valence-corrected chi connectivity index (χ2v) is 20.2. The number of fused-ring (bicyclic) bond motifs is 6. The van der Waals surface area contributed by atoms with Gasteiger partial charge in [-0.1, -0.05) is 33.8 Å². The van der Waals surface area contributed by atoms with Crippen molar-refractivity contribution in [2.24, 2.45) is 23.2 Å². The minimum absolute atomic E-state index is 0.0692. The number of esters is 1. The van der Waals surface area contributed by atoms with Crippen molar-refractivity contribution in [3.63, 3.8) is 0 Å². The molecule has 7 rings (SSSR count). The lowest BCUT2D eigenvalue weighted by Crippen LogP contribution is -2.61. The molecule has 1 aliphatic carbocycles. The zero-order valence-electron chi connectivity index (χ0n) is 35.1. The fourth-order valence-corrected chi connectivity index (χ4v) is 9.91. The van der Waals surface area contributed by atoms with Crippen LogP contribution in [0.5, 0.6) is 0 Å². The highest BCUT2D eigenvalue weighted by Crippen LogP contribution is 2.46. The van der Waals surface area contributed by atoms with E-state index in [0.717, 1.165) is 33.3 Å². The fraction of sp³-hybridized carbons (Fsp3) is 0.558. The van der Waals surface area contributed by atoms with E-state index in [0.29, 0.717) is 42.2 Å². The van der Waals surface area contributed by atoms with Gasteiger partial charge in [0.1, 0.15) is 33.0 Å². The molecule has 2 fully saturated rings. The molecule has 2 amide bonds. The number of carbonyl (C=O) groups is 3. The molecule has 3 aliphatic rings. The van der Waals surface area contributed by atoms with E-state index in [4.69, 9.17) is 24.2 Å². The van der Waals surface area contributed by atoms with Gasteiger partial charge < -0.3 is 24.1 Å². The molecule has 6 bridgehead atoms. The van der Waals surface area contributed by atoms with Gasteiger partial charge >= 0.3 is 5.97 Å². The summed E-state index contributed by atoms with van der Waals surface area (Å²) in [6.45, 7) is 12.7. The van der Waals surface area contributed by atoms with Gasteiger partial charge in [0.2, 0.25) is 5.91 Å². The normalized spacial score (nSPS) is 25.3. The molecule has 59 heavy (non-hydrogen) atoms. The molecule has 318 valence electrons. The lowest BCUT2D eigenvalue weighted by Gasteiger charge is -2.37. The van der Waals surface area contributed by atoms with Gasteiger partial charge in [-0.15, -0.1) is 11.3 Å². The first-order chi connectivity index (χ1) is 28.0. The number of hydrogen-bond donors (Lipinski definition) is 2. The van der Waals surface area contributed by atoms with Crippen LogP contribution >= 0.6 is 11.3 Å². The Kier molecular flexibility index (Phi) is 12.4. The Morgan fingerprint density at radius 1 is 1.19 bits per heavy atom. The molecule has 0 unspecified atom stereocenters. The van der Waals surface area contributed by atoms with Crippen LogP contribution in [0.4, 0.5) is 0 Å². The molecule has 0 radical (unpaired) electrons. The number of aromatic nitrogens is 3. The molecular formula is C43H56N6O8S2. The molecule has 5 heterocycles. The van der Waals surface area contributed by atoms with Crippen molar-refractivity contribution in [2.75, 3.05) is 38.9 Å². The van der Waals surface area contributed by atoms with Gasteiger partial charge in [-0.3, -0.25) is 24.4 Å². The van der Waals surface area contributed by atoms with Crippen LogP contribution < -0.4 is 10.7 Å². The van der Waals surface area contributed by atoms with Crippen molar-refractivity contribution in [3.8, 4) is 22.5 Å². The molecule has 16 heteroatoms. The van der Waals surface area contributed by atoms with Crippen LogP contribution in [0.1, 0.15) is 82.9 Å². The van der Waals surface area contributed by atoms with Crippen molar-refractivity contribution in [3.05, 3.63) is 58.2 Å². The monoisotopic (exact) mass is 848 g/mol. The van der Waals surface area contributed by atoms with Crippen molar-refractivity contribution in [2.45, 2.75) is 91.6 Å². The number of nitrogens with one attached hydrogen (secondary N) is 2. The van der Waals surface area contributed by atoms with E-state index in [1.165, 1.54) is 22.6 Å². The van der Waals surface area contributed by atoms with Crippen molar-refractivity contribution >= 4 is 49.9 Å². The third-order valence-electron chi connectivity index (χ3n) is 12.1. The summed E-state index contributed by atoms with van der Waals surface area (Å²) in [7, 11) is -1.73. The first kappa shape index (κ1) is 42.9. The van der Waals surface area contributed by atoms with E-state index in [-0.39, 0.29) is 55.3 Å². The summed E-state index contributed by atoms with van der Waals surface area (Å²) in [4.78, 5) is 51.9. The molecule has 1 saturated heterocycles. The number of benzene rings is 1. The summed E-state index contributed by atoms with van der Waals surface area (Å²) in [5.74, 6) is -1.05. The van der Waals surface area contributed by atoms with Crippen molar-refractivity contribution in [1.82, 2.24) is 30.3 Å². The molecule has 2 N–H and O–H groups in total. The SMILES string of the molecule is CCO[C@@H]1c2nc(cs2)-c2ccc3c(c2)c(c(-c2cccnc2[C@H](C)OC)n3CCS(C)(=O)=O)CC(C)(C)COC(=O)[C@@H]2CCCN(N2)C(=O)[C@H]1NC(=O)[C@H]1[C@H](C)[C@@H]1C. The third kappa shape index (κ3) is 8.97. The van der Waals surface area contributed by atoms with E-state index in [1.54, 1.807) is 13.3 Å². The average Bonchev–Trinajstić information content (AvgIpc) is 3.49. The molecule has 2 aliphatic heterocycles. The van der Waals surface area contributed by atoms with E-state index >= 15 is 0 Å². The van der Waals surface area contributed by atoms with E-state index in [2.05, 4.69) is 21.4 Å². The number of cyclic esters (lactones) is 1. The number of hydrogen-bond acceptors (Lipinski definition) is 12. The Labute approximate surface area is 350 Å². The number of carbonyl (C=O) groups excluding carboxylic acids is 3. The maximum atomic E-state index is 14.5. The van der Waals surface area contributed by atoms with Crippen LogP contribution in [0.3, 0.4) is 0 Å². The predicted octanol–water partition coefficient (Wildman–Crippen LogP) is 5.66. The highest BCUT2D eigenvalue weighted by molar-refractivity contribution is 7.90. The Morgan fingerprint density at radius 3 is 2.64 bits per heavy atom. The standard InChI is InChI=1S/C43H56N6O8S2/c1-9-56-38-36(46-39(50)34-24(2)25(34)3)41(51)49-17-11-13-31(47-49)42(52)57-23-43(5,6)21-30-29-20-27(32-22-58-40(38)45-32)14-15-33(29)48(18-19-59(8,53)54)37(30)28-12-10-16-44-35(28)26(4)55-7/h10,12,14-16,20,22,24-26,31,34,36,38,47H,9,11,13,17-19,21,23H2,1-8H3,(H,46,50)/t24-,25+,26-,31-,34+,36-,38-/m0/s1. The number of sulfone groups is 1. The zero-order chi connectivity index (χ0) is 42.4. The molecule has 3 aromatic heterocycles. The van der Waals surface area contributed by atoms with Crippen LogP contribution in [0.15, 0.2) is 41.9 Å². The average molecular weight is 849 g/mol. The molecule has 14 nitrogen and oxygen atoms in total. The van der Waals surface area contributed by atoms with Crippen LogP contribution in [0.25, 0.3) is 33.4 Å². The van der Waals surface area contributed by atoms with E-state index in [9.17, 15) is 22.8 Å². The van der Waals surface area contributed by atoms with E-state index in [1.807, 2.05) is 71.2 Å². The lowest BCUT2D eigenvalue weighted by atomic mass is 9.84. The number of rotatable bonds is 10.